The van der Waals surface area contributed by atoms with Crippen LogP contribution in [0.5, 0.6) is 0 Å². The van der Waals surface area contributed by atoms with E-state index in [9.17, 15) is 5.11 Å². The maximum absolute atomic E-state index is 9.37. The predicted octanol–water partition coefficient (Wildman–Crippen LogP) is 4.97. The van der Waals surface area contributed by atoms with Crippen molar-refractivity contribution in [3.8, 4) is 0 Å². The molecule has 0 aliphatic heterocycles. The Morgan fingerprint density at radius 2 is 2.16 bits per heavy atom. The maximum atomic E-state index is 9.37. The van der Waals surface area contributed by atoms with Crippen molar-refractivity contribution in [1.29, 1.82) is 0 Å². The van der Waals surface area contributed by atoms with E-state index in [-0.39, 0.29) is 0 Å². The molecule has 0 aromatic heterocycles. The normalized spacial score (nSPS) is 27.8. The first-order chi connectivity index (χ1) is 8.90. The second-order valence-corrected chi connectivity index (χ2v) is 7.12. The van der Waals surface area contributed by atoms with E-state index in [2.05, 4.69) is 33.9 Å². The summed E-state index contributed by atoms with van der Waals surface area (Å²) in [6, 6.07) is 0. The lowest BCUT2D eigenvalue weighted by atomic mass is 9.64. The zero-order chi connectivity index (χ0) is 14.5. The number of rotatable bonds is 7. The molecule has 0 bridgehead atoms. The van der Waals surface area contributed by atoms with Crippen LogP contribution >= 0.6 is 0 Å². The van der Waals surface area contributed by atoms with Gasteiger partial charge in [-0.3, -0.25) is 0 Å². The minimum atomic E-state index is 0.371. The van der Waals surface area contributed by atoms with Gasteiger partial charge in [0.2, 0.25) is 0 Å². The van der Waals surface area contributed by atoms with Crippen LogP contribution in [-0.4, -0.2) is 11.7 Å². The van der Waals surface area contributed by atoms with Gasteiger partial charge in [0.25, 0.3) is 0 Å². The van der Waals surface area contributed by atoms with E-state index in [1.807, 2.05) is 6.08 Å². The third-order valence-corrected chi connectivity index (χ3v) is 5.26. The molecule has 0 aromatic carbocycles. The van der Waals surface area contributed by atoms with E-state index < -0.39 is 0 Å². The highest BCUT2D eigenvalue weighted by molar-refractivity contribution is 5.13. The van der Waals surface area contributed by atoms with Crippen LogP contribution in [0, 0.1) is 23.2 Å². The molecule has 0 saturated heterocycles. The van der Waals surface area contributed by atoms with Crippen molar-refractivity contribution >= 4 is 0 Å². The van der Waals surface area contributed by atoms with Gasteiger partial charge in [-0.05, 0) is 55.3 Å². The molecule has 1 aliphatic carbocycles. The molecule has 3 atom stereocenters. The Morgan fingerprint density at radius 1 is 1.47 bits per heavy atom. The first-order valence-corrected chi connectivity index (χ1v) is 7.82. The Kier molecular flexibility index (Phi) is 6.32. The molecule has 0 heterocycles. The Balaban J connectivity index is 2.41. The Bertz CT molecular complexity index is 303. The van der Waals surface area contributed by atoms with E-state index in [1.165, 1.54) is 38.5 Å². The molecule has 0 spiro atoms. The fourth-order valence-electron chi connectivity index (χ4n) is 3.35. The molecule has 0 aromatic rings. The lowest BCUT2D eigenvalue weighted by molar-refractivity contribution is 0.0608. The van der Waals surface area contributed by atoms with Gasteiger partial charge in [0, 0.05) is 6.61 Å². The fraction of sp³-hybridized carbons (Fsp3) is 0.778. The van der Waals surface area contributed by atoms with Crippen LogP contribution in [0.2, 0.25) is 0 Å². The highest BCUT2D eigenvalue weighted by atomic mass is 16.3. The number of hydrogen-bond acceptors (Lipinski definition) is 1. The quantitative estimate of drug-likeness (QED) is 0.644. The molecule has 110 valence electrons. The predicted molar refractivity (Wildman–Crippen MR) is 84.0 cm³/mol. The van der Waals surface area contributed by atoms with Gasteiger partial charge in [0.1, 0.15) is 0 Å². The first kappa shape index (κ1) is 16.5. The molecule has 19 heavy (non-hydrogen) atoms. The van der Waals surface area contributed by atoms with Gasteiger partial charge in [0.15, 0.2) is 0 Å². The second-order valence-electron chi connectivity index (χ2n) is 7.12. The fourth-order valence-corrected chi connectivity index (χ4v) is 3.35. The lowest BCUT2D eigenvalue weighted by Crippen LogP contribution is -2.33. The molecule has 1 fully saturated rings. The summed E-state index contributed by atoms with van der Waals surface area (Å²) in [4.78, 5) is 0. The van der Waals surface area contributed by atoms with Gasteiger partial charge in [-0.1, -0.05) is 52.0 Å². The van der Waals surface area contributed by atoms with Crippen molar-refractivity contribution in [1.82, 2.24) is 0 Å². The third-order valence-electron chi connectivity index (χ3n) is 5.26. The molecule has 0 amide bonds. The van der Waals surface area contributed by atoms with Crippen molar-refractivity contribution in [2.75, 3.05) is 6.61 Å². The summed E-state index contributed by atoms with van der Waals surface area (Å²) in [5, 5.41) is 9.37. The van der Waals surface area contributed by atoms with Crippen LogP contribution in [0.1, 0.15) is 59.3 Å². The standard InChI is InChI=1S/C18H32O/c1-6-14(2)15(3)8-7-9-17-12-16(13-19)10-11-18(17,4)5/h6,15-17,19H,1-2,7-13H2,3-5H3/t15?,16?,17-/m1/s1. The Morgan fingerprint density at radius 3 is 2.74 bits per heavy atom. The average molecular weight is 264 g/mol. The summed E-state index contributed by atoms with van der Waals surface area (Å²) < 4.78 is 0. The van der Waals surface area contributed by atoms with Gasteiger partial charge >= 0.3 is 0 Å². The molecule has 1 aliphatic rings. The van der Waals surface area contributed by atoms with Crippen LogP contribution in [-0.2, 0) is 0 Å². The van der Waals surface area contributed by atoms with E-state index in [4.69, 9.17) is 0 Å². The summed E-state index contributed by atoms with van der Waals surface area (Å²) in [7, 11) is 0. The van der Waals surface area contributed by atoms with Crippen molar-refractivity contribution in [2.24, 2.45) is 23.2 Å². The number of allylic oxidation sites excluding steroid dienone is 2. The topological polar surface area (TPSA) is 20.2 Å². The monoisotopic (exact) mass is 264 g/mol. The van der Waals surface area contributed by atoms with Gasteiger partial charge in [-0.15, -0.1) is 0 Å². The molecule has 1 heteroatoms. The first-order valence-electron chi connectivity index (χ1n) is 7.82. The summed E-state index contributed by atoms with van der Waals surface area (Å²) in [5.41, 5.74) is 1.61. The van der Waals surface area contributed by atoms with E-state index in [0.717, 1.165) is 11.5 Å². The van der Waals surface area contributed by atoms with Crippen LogP contribution in [0.15, 0.2) is 24.8 Å². The molecule has 1 rings (SSSR count). The number of aliphatic hydroxyl groups is 1. The molecule has 1 nitrogen and oxygen atoms in total. The molecule has 2 unspecified atom stereocenters. The second kappa shape index (κ2) is 7.28. The highest BCUT2D eigenvalue weighted by Crippen LogP contribution is 2.45. The van der Waals surface area contributed by atoms with Gasteiger partial charge in [0.05, 0.1) is 0 Å². The third kappa shape index (κ3) is 4.80. The number of hydrogen-bond donors (Lipinski definition) is 1. The SMILES string of the molecule is C=CC(=C)C(C)CCC[C@@H]1CC(CO)CCC1(C)C. The van der Waals surface area contributed by atoms with Crippen molar-refractivity contribution in [3.05, 3.63) is 24.8 Å². The minimum Gasteiger partial charge on any atom is -0.396 e. The van der Waals surface area contributed by atoms with Crippen molar-refractivity contribution in [2.45, 2.75) is 59.3 Å². The zero-order valence-electron chi connectivity index (χ0n) is 13.1. The lowest BCUT2D eigenvalue weighted by Gasteiger charge is -2.42. The zero-order valence-corrected chi connectivity index (χ0v) is 13.1. The minimum absolute atomic E-state index is 0.371. The van der Waals surface area contributed by atoms with E-state index in [0.29, 0.717) is 23.9 Å². The van der Waals surface area contributed by atoms with E-state index >= 15 is 0 Å². The Hall–Kier alpha value is -0.560. The summed E-state index contributed by atoms with van der Waals surface area (Å²) in [6.45, 7) is 15.3. The van der Waals surface area contributed by atoms with Crippen LogP contribution in [0.3, 0.4) is 0 Å². The summed E-state index contributed by atoms with van der Waals surface area (Å²) in [6.07, 6.45) is 9.32. The van der Waals surface area contributed by atoms with E-state index in [1.54, 1.807) is 0 Å². The average Bonchev–Trinajstić information content (AvgIpc) is 2.39. The van der Waals surface area contributed by atoms with Crippen molar-refractivity contribution < 1.29 is 5.11 Å². The molecular weight excluding hydrogens is 232 g/mol. The highest BCUT2D eigenvalue weighted by Gasteiger charge is 2.35. The van der Waals surface area contributed by atoms with Gasteiger partial charge in [-0.25, -0.2) is 0 Å². The smallest absolute Gasteiger partial charge is 0.0459 e. The summed E-state index contributed by atoms with van der Waals surface area (Å²) in [5.74, 6) is 1.86. The summed E-state index contributed by atoms with van der Waals surface area (Å²) >= 11 is 0. The molecular formula is C18H32O. The van der Waals surface area contributed by atoms with Crippen LogP contribution in [0.4, 0.5) is 0 Å². The van der Waals surface area contributed by atoms with Gasteiger partial charge in [-0.2, -0.15) is 0 Å². The largest absolute Gasteiger partial charge is 0.396 e. The molecule has 1 N–H and O–H groups in total. The number of aliphatic hydroxyl groups excluding tert-OH is 1. The van der Waals surface area contributed by atoms with Crippen molar-refractivity contribution in [3.63, 3.8) is 0 Å². The molecule has 0 radical (unpaired) electrons. The van der Waals surface area contributed by atoms with Crippen LogP contribution < -0.4 is 0 Å². The maximum Gasteiger partial charge on any atom is 0.0459 e. The molecule has 1 saturated carbocycles. The van der Waals surface area contributed by atoms with Gasteiger partial charge < -0.3 is 5.11 Å². The van der Waals surface area contributed by atoms with Crippen LogP contribution in [0.25, 0.3) is 0 Å². The Labute approximate surface area is 119 Å².